The first kappa shape index (κ1) is 20.3. The van der Waals surface area contributed by atoms with Gasteiger partial charge < -0.3 is 4.74 Å². The lowest BCUT2D eigenvalue weighted by Gasteiger charge is -2.63. The maximum Gasteiger partial charge on any atom is 0.155 e. The Morgan fingerprint density at radius 2 is 1.86 bits per heavy atom. The summed E-state index contributed by atoms with van der Waals surface area (Å²) >= 11 is 3.77. The van der Waals surface area contributed by atoms with Crippen molar-refractivity contribution in [1.29, 1.82) is 0 Å². The van der Waals surface area contributed by atoms with Gasteiger partial charge in [-0.05, 0) is 97.9 Å². The molecule has 0 aromatic carbocycles. The zero-order valence-electron chi connectivity index (χ0n) is 17.6. The SMILES string of the molecule is C=C(C)S.C=C1CCC23CCC4=CC(=O)CCC4(C)C2CCC2C(CCC23)O1. The van der Waals surface area contributed by atoms with Crippen LogP contribution < -0.4 is 0 Å². The average Bonchev–Trinajstić information content (AvgIpc) is 3.06. The van der Waals surface area contributed by atoms with Crippen LogP contribution in [0.15, 0.2) is 35.5 Å². The number of rotatable bonds is 0. The average molecular weight is 401 g/mol. The summed E-state index contributed by atoms with van der Waals surface area (Å²) in [4.78, 5) is 12.9. The fourth-order valence-electron chi connectivity index (χ4n) is 7.72. The van der Waals surface area contributed by atoms with Gasteiger partial charge in [0, 0.05) is 12.8 Å². The van der Waals surface area contributed by atoms with Crippen LogP contribution >= 0.6 is 12.6 Å². The minimum Gasteiger partial charge on any atom is -0.495 e. The highest BCUT2D eigenvalue weighted by atomic mass is 32.1. The minimum atomic E-state index is 0.274. The number of thiol groups is 1. The summed E-state index contributed by atoms with van der Waals surface area (Å²) in [6, 6.07) is 0. The molecule has 2 nitrogen and oxygen atoms in total. The van der Waals surface area contributed by atoms with Gasteiger partial charge in [0.05, 0.1) is 5.76 Å². The summed E-state index contributed by atoms with van der Waals surface area (Å²) in [6.45, 7) is 12.0. The summed E-state index contributed by atoms with van der Waals surface area (Å²) in [6.07, 6.45) is 14.3. The predicted octanol–water partition coefficient (Wildman–Crippen LogP) is 6.64. The molecule has 4 aliphatic carbocycles. The van der Waals surface area contributed by atoms with Crippen molar-refractivity contribution >= 4 is 18.4 Å². The molecule has 5 rings (SSSR count). The zero-order chi connectivity index (χ0) is 20.1. The van der Waals surface area contributed by atoms with E-state index in [1.165, 1.54) is 44.1 Å². The molecule has 3 heteroatoms. The largest absolute Gasteiger partial charge is 0.495 e. The molecule has 0 aromatic heterocycles. The highest BCUT2D eigenvalue weighted by molar-refractivity contribution is 7.84. The number of carbonyl (C=O) groups excluding carboxylic acids is 1. The molecule has 3 saturated carbocycles. The molecule has 0 N–H and O–H groups in total. The lowest BCUT2D eigenvalue weighted by atomic mass is 9.42. The van der Waals surface area contributed by atoms with E-state index in [-0.39, 0.29) is 5.41 Å². The summed E-state index contributed by atoms with van der Waals surface area (Å²) in [5.41, 5.74) is 2.24. The van der Waals surface area contributed by atoms with E-state index in [0.717, 1.165) is 54.1 Å². The van der Waals surface area contributed by atoms with E-state index in [1.54, 1.807) is 0 Å². The van der Waals surface area contributed by atoms with Crippen LogP contribution in [-0.4, -0.2) is 11.9 Å². The Morgan fingerprint density at radius 1 is 1.14 bits per heavy atom. The second-order valence-corrected chi connectivity index (χ2v) is 11.0. The summed E-state index contributed by atoms with van der Waals surface area (Å²) in [7, 11) is 0. The van der Waals surface area contributed by atoms with Crippen LogP contribution in [-0.2, 0) is 9.53 Å². The first-order chi connectivity index (χ1) is 13.3. The van der Waals surface area contributed by atoms with Gasteiger partial charge in [0.2, 0.25) is 0 Å². The normalized spacial score (nSPS) is 43.9. The number of allylic oxidation sites excluding steroid dienone is 3. The number of fused-ring (bicyclic) bond motifs is 2. The maximum atomic E-state index is 12.0. The van der Waals surface area contributed by atoms with E-state index in [4.69, 9.17) is 4.74 Å². The molecular weight excluding hydrogens is 364 g/mol. The first-order valence-electron chi connectivity index (χ1n) is 11.2. The molecule has 1 saturated heterocycles. The summed E-state index contributed by atoms with van der Waals surface area (Å²) < 4.78 is 6.24. The molecule has 1 spiro atoms. The van der Waals surface area contributed by atoms with E-state index < -0.39 is 0 Å². The Hall–Kier alpha value is -0.960. The third-order valence-electron chi connectivity index (χ3n) is 8.75. The second kappa shape index (κ2) is 7.38. The lowest BCUT2D eigenvalue weighted by molar-refractivity contribution is -0.127. The number of hydrogen-bond acceptors (Lipinski definition) is 3. The van der Waals surface area contributed by atoms with E-state index in [1.807, 2.05) is 13.0 Å². The Bertz CT molecular complexity index is 718. The Labute approximate surface area is 176 Å². The van der Waals surface area contributed by atoms with Crippen LogP contribution in [0.5, 0.6) is 0 Å². The van der Waals surface area contributed by atoms with Crippen LogP contribution in [0.2, 0.25) is 0 Å². The molecular formula is C25H36O2S. The molecule has 6 unspecified atom stereocenters. The van der Waals surface area contributed by atoms with Gasteiger partial charge in [-0.25, -0.2) is 0 Å². The topological polar surface area (TPSA) is 26.3 Å². The van der Waals surface area contributed by atoms with Gasteiger partial charge >= 0.3 is 0 Å². The van der Waals surface area contributed by atoms with Crippen molar-refractivity contribution in [3.8, 4) is 0 Å². The Morgan fingerprint density at radius 3 is 2.61 bits per heavy atom. The van der Waals surface area contributed by atoms with Crippen molar-refractivity contribution < 1.29 is 9.53 Å². The van der Waals surface area contributed by atoms with E-state index >= 15 is 0 Å². The third kappa shape index (κ3) is 3.22. The zero-order valence-corrected chi connectivity index (χ0v) is 18.5. The molecule has 28 heavy (non-hydrogen) atoms. The number of ether oxygens (including phenoxy) is 1. The maximum absolute atomic E-state index is 12.0. The molecule has 4 bridgehead atoms. The molecule has 0 radical (unpaired) electrons. The van der Waals surface area contributed by atoms with Gasteiger partial charge in [0.15, 0.2) is 5.78 Å². The Kier molecular flexibility index (Phi) is 5.35. The quantitative estimate of drug-likeness (QED) is 0.461. The van der Waals surface area contributed by atoms with Gasteiger partial charge in [-0.1, -0.05) is 25.7 Å². The van der Waals surface area contributed by atoms with Crippen molar-refractivity contribution in [3.05, 3.63) is 35.5 Å². The molecule has 5 aliphatic rings. The molecule has 1 aliphatic heterocycles. The molecule has 0 amide bonds. The van der Waals surface area contributed by atoms with Gasteiger partial charge in [-0.15, -0.1) is 12.6 Å². The monoisotopic (exact) mass is 400 g/mol. The van der Waals surface area contributed by atoms with Crippen molar-refractivity contribution in [2.45, 2.75) is 84.2 Å². The molecule has 0 aromatic rings. The third-order valence-corrected chi connectivity index (χ3v) is 8.75. The number of carbonyl (C=O) groups is 1. The van der Waals surface area contributed by atoms with Crippen LogP contribution in [0.25, 0.3) is 0 Å². The lowest BCUT2D eigenvalue weighted by Crippen LogP contribution is -2.55. The fraction of sp³-hybridized carbons (Fsp3) is 0.720. The smallest absolute Gasteiger partial charge is 0.155 e. The van der Waals surface area contributed by atoms with Gasteiger partial charge in [-0.3, -0.25) is 4.79 Å². The molecule has 4 fully saturated rings. The van der Waals surface area contributed by atoms with Crippen molar-refractivity contribution in [2.24, 2.45) is 28.6 Å². The number of ketones is 1. The first-order valence-corrected chi connectivity index (χ1v) is 11.6. The van der Waals surface area contributed by atoms with Crippen LogP contribution in [0.4, 0.5) is 0 Å². The van der Waals surface area contributed by atoms with Crippen LogP contribution in [0.3, 0.4) is 0 Å². The Balaban J connectivity index is 0.000000442. The second-order valence-electron chi connectivity index (χ2n) is 10.2. The van der Waals surface area contributed by atoms with Gasteiger partial charge in [-0.2, -0.15) is 0 Å². The predicted molar refractivity (Wildman–Crippen MR) is 118 cm³/mol. The van der Waals surface area contributed by atoms with Crippen molar-refractivity contribution in [3.63, 3.8) is 0 Å². The molecule has 154 valence electrons. The van der Waals surface area contributed by atoms with Gasteiger partial charge in [0.1, 0.15) is 6.10 Å². The minimum absolute atomic E-state index is 0.274. The van der Waals surface area contributed by atoms with E-state index in [2.05, 4.69) is 32.7 Å². The highest BCUT2D eigenvalue weighted by Crippen LogP contribution is 2.69. The van der Waals surface area contributed by atoms with Crippen molar-refractivity contribution in [1.82, 2.24) is 0 Å². The fourth-order valence-corrected chi connectivity index (χ4v) is 7.72. The molecule has 6 atom stereocenters. The molecule has 1 heterocycles. The summed E-state index contributed by atoms with van der Waals surface area (Å²) in [5.74, 6) is 3.79. The summed E-state index contributed by atoms with van der Waals surface area (Å²) in [5, 5.41) is 0. The van der Waals surface area contributed by atoms with Crippen LogP contribution in [0.1, 0.15) is 78.1 Å². The van der Waals surface area contributed by atoms with Crippen LogP contribution in [0, 0.1) is 28.6 Å². The van der Waals surface area contributed by atoms with Gasteiger partial charge in [0.25, 0.3) is 0 Å². The van der Waals surface area contributed by atoms with E-state index in [0.29, 0.717) is 17.3 Å². The standard InChI is InChI=1S/C22H30O2.C3H6S/c1-14-7-11-22-12-8-15-13-16(23)9-10-21(15,2)20(22)6-3-17-18(22)4-5-19(17)24-14;1-3(2)4/h13,17-20H,1,3-12H2,2H3;4H,1H2,2H3. The number of hydrogen-bond donors (Lipinski definition) is 1. The van der Waals surface area contributed by atoms with E-state index in [9.17, 15) is 4.79 Å². The highest BCUT2D eigenvalue weighted by Gasteiger charge is 2.62. The van der Waals surface area contributed by atoms with Crippen molar-refractivity contribution in [2.75, 3.05) is 0 Å².